The summed E-state index contributed by atoms with van der Waals surface area (Å²) in [5, 5.41) is 0.0711. The van der Waals surface area contributed by atoms with Gasteiger partial charge >= 0.3 is 0 Å². The van der Waals surface area contributed by atoms with Crippen LogP contribution in [-0.4, -0.2) is 13.7 Å². The summed E-state index contributed by atoms with van der Waals surface area (Å²) in [5.41, 5.74) is 3.44. The maximum Gasteiger partial charge on any atom is 0.183 e. The topological polar surface area (TPSA) is 30.5 Å². The number of fused-ring (bicyclic) bond motifs is 1. The molecule has 0 aliphatic carbocycles. The summed E-state index contributed by atoms with van der Waals surface area (Å²) in [5.74, 6) is -0.295. The Morgan fingerprint density at radius 2 is 2.43 bits per heavy atom. The Labute approximate surface area is 85.7 Å². The van der Waals surface area contributed by atoms with E-state index in [9.17, 15) is 4.39 Å². The lowest BCUT2D eigenvalue weighted by Crippen LogP contribution is -2.20. The van der Waals surface area contributed by atoms with Crippen LogP contribution in [0.2, 0.25) is 5.02 Å². The molecule has 0 spiro atoms. The van der Waals surface area contributed by atoms with Gasteiger partial charge < -0.3 is 9.57 Å². The van der Waals surface area contributed by atoms with Crippen LogP contribution in [0.15, 0.2) is 12.1 Å². The van der Waals surface area contributed by atoms with Crippen molar-refractivity contribution in [3.8, 4) is 5.75 Å². The molecule has 2 rings (SSSR count). The first-order valence-electron chi connectivity index (χ1n) is 4.13. The highest BCUT2D eigenvalue weighted by atomic mass is 35.5. The molecule has 0 bridgehead atoms. The van der Waals surface area contributed by atoms with E-state index in [1.807, 2.05) is 0 Å². The molecule has 1 aromatic carbocycles. The van der Waals surface area contributed by atoms with Crippen LogP contribution in [0.3, 0.4) is 0 Å². The zero-order valence-corrected chi connectivity index (χ0v) is 8.27. The van der Waals surface area contributed by atoms with Gasteiger partial charge in [-0.3, -0.25) is 0 Å². The van der Waals surface area contributed by atoms with Crippen LogP contribution >= 0.6 is 11.6 Å². The van der Waals surface area contributed by atoms with Crippen molar-refractivity contribution in [3.63, 3.8) is 0 Å². The quantitative estimate of drug-likeness (QED) is 0.770. The second-order valence-electron chi connectivity index (χ2n) is 2.97. The standard InChI is InChI=1S/C9H9ClFNO2/c1-13-12-7-4-14-9-5(7)2-3-6(10)8(9)11/h2-3,7,12H,4H2,1H3. The molecule has 1 N–H and O–H groups in total. The van der Waals surface area contributed by atoms with Gasteiger partial charge in [0.25, 0.3) is 0 Å². The number of hydrogen-bond acceptors (Lipinski definition) is 3. The Kier molecular flexibility index (Phi) is 2.58. The lowest BCUT2D eigenvalue weighted by molar-refractivity contribution is 0.0535. The number of ether oxygens (including phenoxy) is 1. The third kappa shape index (κ3) is 1.45. The molecule has 76 valence electrons. The van der Waals surface area contributed by atoms with Crippen molar-refractivity contribution in [3.05, 3.63) is 28.5 Å². The zero-order chi connectivity index (χ0) is 10.1. The minimum Gasteiger partial charge on any atom is -0.488 e. The maximum atomic E-state index is 13.4. The maximum absolute atomic E-state index is 13.4. The number of benzene rings is 1. The van der Waals surface area contributed by atoms with Gasteiger partial charge in [0.2, 0.25) is 0 Å². The predicted molar refractivity (Wildman–Crippen MR) is 49.8 cm³/mol. The van der Waals surface area contributed by atoms with Crippen LogP contribution in [0.5, 0.6) is 5.75 Å². The Balaban J connectivity index is 2.37. The molecule has 14 heavy (non-hydrogen) atoms. The summed E-state index contributed by atoms with van der Waals surface area (Å²) in [6.45, 7) is 0.348. The normalized spacial score (nSPS) is 19.2. The van der Waals surface area contributed by atoms with Crippen molar-refractivity contribution in [1.82, 2.24) is 5.48 Å². The summed E-state index contributed by atoms with van der Waals surface area (Å²) < 4.78 is 18.6. The molecule has 1 unspecified atom stereocenters. The summed E-state index contributed by atoms with van der Waals surface area (Å²) in [7, 11) is 1.50. The largest absolute Gasteiger partial charge is 0.488 e. The van der Waals surface area contributed by atoms with E-state index in [1.165, 1.54) is 13.2 Å². The smallest absolute Gasteiger partial charge is 0.183 e. The minimum absolute atomic E-state index is 0.0711. The Hall–Kier alpha value is -0.840. The van der Waals surface area contributed by atoms with E-state index in [-0.39, 0.29) is 16.8 Å². The first-order chi connectivity index (χ1) is 6.74. The molecule has 1 aliphatic heterocycles. The van der Waals surface area contributed by atoms with Crippen molar-refractivity contribution in [2.75, 3.05) is 13.7 Å². The van der Waals surface area contributed by atoms with Crippen molar-refractivity contribution in [1.29, 1.82) is 0 Å². The Morgan fingerprint density at radius 1 is 1.64 bits per heavy atom. The molecule has 5 heteroatoms. The van der Waals surface area contributed by atoms with Crippen molar-refractivity contribution < 1.29 is 14.0 Å². The van der Waals surface area contributed by atoms with Gasteiger partial charge in [-0.25, -0.2) is 4.39 Å². The Bertz CT molecular complexity index is 359. The molecule has 1 heterocycles. The highest BCUT2D eigenvalue weighted by Crippen LogP contribution is 2.37. The lowest BCUT2D eigenvalue weighted by atomic mass is 10.1. The predicted octanol–water partition coefficient (Wildman–Crippen LogP) is 2.06. The number of rotatable bonds is 2. The second kappa shape index (κ2) is 3.73. The Morgan fingerprint density at radius 3 is 3.14 bits per heavy atom. The van der Waals surface area contributed by atoms with Gasteiger partial charge in [-0.05, 0) is 6.07 Å². The van der Waals surface area contributed by atoms with Crippen LogP contribution in [0.25, 0.3) is 0 Å². The molecule has 1 atom stereocenters. The van der Waals surface area contributed by atoms with Crippen LogP contribution in [0.4, 0.5) is 4.39 Å². The zero-order valence-electron chi connectivity index (χ0n) is 7.51. The van der Waals surface area contributed by atoms with Gasteiger partial charge in [0.15, 0.2) is 11.6 Å². The highest BCUT2D eigenvalue weighted by molar-refractivity contribution is 6.30. The summed E-state index contributed by atoms with van der Waals surface area (Å²) in [6.07, 6.45) is 0. The van der Waals surface area contributed by atoms with E-state index >= 15 is 0 Å². The van der Waals surface area contributed by atoms with Gasteiger partial charge in [-0.15, -0.1) is 0 Å². The molecule has 0 saturated heterocycles. The SMILES string of the molecule is CONC1COc2c1ccc(Cl)c2F. The number of nitrogens with one attached hydrogen (secondary N) is 1. The first-order valence-corrected chi connectivity index (χ1v) is 4.51. The molecule has 0 amide bonds. The fraction of sp³-hybridized carbons (Fsp3) is 0.333. The van der Waals surface area contributed by atoms with E-state index in [2.05, 4.69) is 5.48 Å². The molecular formula is C9H9ClFNO2. The van der Waals surface area contributed by atoms with Crippen LogP contribution < -0.4 is 10.2 Å². The summed E-state index contributed by atoms with van der Waals surface area (Å²) >= 11 is 5.61. The lowest BCUT2D eigenvalue weighted by Gasteiger charge is -2.08. The summed E-state index contributed by atoms with van der Waals surface area (Å²) in [6, 6.07) is 3.10. The second-order valence-corrected chi connectivity index (χ2v) is 3.37. The molecular weight excluding hydrogens is 209 g/mol. The molecule has 0 fully saturated rings. The van der Waals surface area contributed by atoms with E-state index in [0.29, 0.717) is 6.61 Å². The third-order valence-corrected chi connectivity index (χ3v) is 2.40. The average molecular weight is 218 g/mol. The van der Waals surface area contributed by atoms with Gasteiger partial charge in [0.05, 0.1) is 18.2 Å². The monoisotopic (exact) mass is 217 g/mol. The van der Waals surface area contributed by atoms with E-state index in [0.717, 1.165) is 5.56 Å². The van der Waals surface area contributed by atoms with E-state index in [4.69, 9.17) is 21.2 Å². The number of hydroxylamine groups is 1. The van der Waals surface area contributed by atoms with Gasteiger partial charge in [-0.1, -0.05) is 17.7 Å². The minimum atomic E-state index is -0.510. The van der Waals surface area contributed by atoms with Gasteiger partial charge in [0.1, 0.15) is 6.61 Å². The molecule has 0 saturated carbocycles. The molecule has 0 aromatic heterocycles. The third-order valence-electron chi connectivity index (χ3n) is 2.11. The fourth-order valence-electron chi connectivity index (χ4n) is 1.46. The average Bonchev–Trinajstić information content (AvgIpc) is 2.57. The first kappa shape index (κ1) is 9.71. The highest BCUT2D eigenvalue weighted by Gasteiger charge is 2.27. The molecule has 0 radical (unpaired) electrons. The van der Waals surface area contributed by atoms with Crippen molar-refractivity contribution in [2.45, 2.75) is 6.04 Å². The van der Waals surface area contributed by atoms with Crippen LogP contribution in [0.1, 0.15) is 11.6 Å². The molecule has 1 aliphatic rings. The van der Waals surface area contributed by atoms with Gasteiger partial charge in [0, 0.05) is 5.56 Å². The van der Waals surface area contributed by atoms with Crippen molar-refractivity contribution in [2.24, 2.45) is 0 Å². The molecule has 1 aromatic rings. The van der Waals surface area contributed by atoms with Gasteiger partial charge in [-0.2, -0.15) is 5.48 Å². The summed E-state index contributed by atoms with van der Waals surface area (Å²) in [4.78, 5) is 4.77. The van der Waals surface area contributed by atoms with E-state index in [1.54, 1.807) is 6.07 Å². The number of halogens is 2. The van der Waals surface area contributed by atoms with Crippen LogP contribution in [0, 0.1) is 5.82 Å². The van der Waals surface area contributed by atoms with Crippen molar-refractivity contribution >= 4 is 11.6 Å². The molecule has 3 nitrogen and oxygen atoms in total. The van der Waals surface area contributed by atoms with Crippen LogP contribution in [-0.2, 0) is 4.84 Å². The number of hydrogen-bond donors (Lipinski definition) is 1. The fourth-order valence-corrected chi connectivity index (χ4v) is 1.61. The van der Waals surface area contributed by atoms with E-state index < -0.39 is 5.82 Å².